The summed E-state index contributed by atoms with van der Waals surface area (Å²) in [5.74, 6) is -0.0597. The Morgan fingerprint density at radius 3 is 2.70 bits per heavy atom. The maximum atomic E-state index is 12.8. The van der Waals surface area contributed by atoms with Gasteiger partial charge < -0.3 is 10.6 Å². The first-order valence-corrected chi connectivity index (χ1v) is 6.34. The van der Waals surface area contributed by atoms with E-state index in [-0.39, 0.29) is 16.7 Å². The first kappa shape index (κ1) is 14.3. The van der Waals surface area contributed by atoms with E-state index >= 15 is 0 Å². The Balaban J connectivity index is 2.06. The fourth-order valence-corrected chi connectivity index (χ4v) is 1.82. The molecule has 1 heterocycles. The second-order valence-corrected chi connectivity index (χ2v) is 4.52. The molecule has 1 amide bonds. The predicted octanol–water partition coefficient (Wildman–Crippen LogP) is 2.85. The molecule has 20 heavy (non-hydrogen) atoms. The van der Waals surface area contributed by atoms with Gasteiger partial charge in [-0.1, -0.05) is 23.7 Å². The van der Waals surface area contributed by atoms with Gasteiger partial charge in [0.15, 0.2) is 0 Å². The Kier molecular flexibility index (Phi) is 4.53. The van der Waals surface area contributed by atoms with Crippen molar-refractivity contribution >= 4 is 23.3 Å². The molecule has 0 aliphatic rings. The first-order chi connectivity index (χ1) is 9.60. The average Bonchev–Trinajstić information content (AvgIpc) is 2.47. The largest absolute Gasteiger partial charge is 0.373 e. The van der Waals surface area contributed by atoms with Gasteiger partial charge in [0, 0.05) is 19.8 Å². The monoisotopic (exact) mass is 293 g/mol. The molecule has 0 aliphatic heterocycles. The van der Waals surface area contributed by atoms with E-state index in [0.717, 1.165) is 5.56 Å². The molecule has 0 saturated carbocycles. The van der Waals surface area contributed by atoms with Gasteiger partial charge in [0.2, 0.25) is 0 Å². The molecular weight excluding hydrogens is 281 g/mol. The Labute approximate surface area is 121 Å². The lowest BCUT2D eigenvalue weighted by Gasteiger charge is -2.08. The number of hydrogen-bond acceptors (Lipinski definition) is 3. The standard InChI is InChI=1S/C14H13ClFN3O/c1-17-13-6-11(12(15)8-18-13)14(20)19-7-9-2-4-10(16)5-3-9/h2-6,8H,7H2,1H3,(H,17,18)(H,19,20). The van der Waals surface area contributed by atoms with Crippen LogP contribution in [0.4, 0.5) is 10.2 Å². The van der Waals surface area contributed by atoms with Crippen LogP contribution >= 0.6 is 11.6 Å². The predicted molar refractivity (Wildman–Crippen MR) is 76.4 cm³/mol. The molecule has 0 spiro atoms. The lowest BCUT2D eigenvalue weighted by molar-refractivity contribution is 0.0951. The van der Waals surface area contributed by atoms with Gasteiger partial charge in [-0.3, -0.25) is 4.79 Å². The van der Waals surface area contributed by atoms with E-state index in [1.165, 1.54) is 18.3 Å². The number of benzene rings is 1. The Bertz CT molecular complexity index is 616. The molecule has 4 nitrogen and oxygen atoms in total. The number of carbonyl (C=O) groups is 1. The molecule has 0 atom stereocenters. The van der Waals surface area contributed by atoms with Gasteiger partial charge in [0.05, 0.1) is 10.6 Å². The highest BCUT2D eigenvalue weighted by Gasteiger charge is 2.11. The summed E-state index contributed by atoms with van der Waals surface area (Å²) in [6.45, 7) is 0.298. The summed E-state index contributed by atoms with van der Waals surface area (Å²) in [5, 5.41) is 5.84. The van der Waals surface area contributed by atoms with Crippen LogP contribution in [0.1, 0.15) is 15.9 Å². The zero-order valence-electron chi connectivity index (χ0n) is 10.8. The fourth-order valence-electron chi connectivity index (χ4n) is 1.63. The van der Waals surface area contributed by atoms with Gasteiger partial charge in [-0.05, 0) is 23.8 Å². The summed E-state index contributed by atoms with van der Waals surface area (Å²) in [5.41, 5.74) is 1.15. The molecule has 2 N–H and O–H groups in total. The van der Waals surface area contributed by atoms with Gasteiger partial charge in [0.25, 0.3) is 5.91 Å². The smallest absolute Gasteiger partial charge is 0.253 e. The minimum Gasteiger partial charge on any atom is -0.373 e. The van der Waals surface area contributed by atoms with Gasteiger partial charge >= 0.3 is 0 Å². The van der Waals surface area contributed by atoms with Crippen LogP contribution < -0.4 is 10.6 Å². The third-order valence-electron chi connectivity index (χ3n) is 2.72. The summed E-state index contributed by atoms with van der Waals surface area (Å²) >= 11 is 5.95. The first-order valence-electron chi connectivity index (χ1n) is 5.96. The van der Waals surface area contributed by atoms with Crippen molar-refractivity contribution in [3.05, 3.63) is 58.5 Å². The van der Waals surface area contributed by atoms with Crippen LogP contribution in [0.3, 0.4) is 0 Å². The summed E-state index contributed by atoms with van der Waals surface area (Å²) in [6, 6.07) is 7.49. The Morgan fingerprint density at radius 2 is 2.05 bits per heavy atom. The van der Waals surface area contributed by atoms with Gasteiger partial charge in [-0.15, -0.1) is 0 Å². The SMILES string of the molecule is CNc1cc(C(=O)NCc2ccc(F)cc2)c(Cl)cn1. The van der Waals surface area contributed by atoms with Crippen molar-refractivity contribution < 1.29 is 9.18 Å². The quantitative estimate of drug-likeness (QED) is 0.911. The number of rotatable bonds is 4. The second-order valence-electron chi connectivity index (χ2n) is 4.11. The van der Waals surface area contributed by atoms with Gasteiger partial charge in [-0.25, -0.2) is 9.37 Å². The molecule has 0 aliphatic carbocycles. The van der Waals surface area contributed by atoms with Crippen molar-refractivity contribution in [2.45, 2.75) is 6.54 Å². The summed E-state index contributed by atoms with van der Waals surface area (Å²) in [4.78, 5) is 16.1. The van der Waals surface area contributed by atoms with Crippen molar-refractivity contribution in [1.29, 1.82) is 0 Å². The molecule has 1 aromatic carbocycles. The number of anilines is 1. The van der Waals surface area contributed by atoms with E-state index in [4.69, 9.17) is 11.6 Å². The van der Waals surface area contributed by atoms with Crippen molar-refractivity contribution in [2.75, 3.05) is 12.4 Å². The molecule has 0 radical (unpaired) electrons. The van der Waals surface area contributed by atoms with E-state index in [1.807, 2.05) is 0 Å². The van der Waals surface area contributed by atoms with Crippen molar-refractivity contribution in [1.82, 2.24) is 10.3 Å². The van der Waals surface area contributed by atoms with Gasteiger partial charge in [-0.2, -0.15) is 0 Å². The summed E-state index contributed by atoms with van der Waals surface area (Å²) < 4.78 is 12.8. The molecule has 0 bridgehead atoms. The van der Waals surface area contributed by atoms with E-state index in [9.17, 15) is 9.18 Å². The number of halogens is 2. The summed E-state index contributed by atoms with van der Waals surface area (Å²) in [6.07, 6.45) is 1.42. The van der Waals surface area contributed by atoms with E-state index in [0.29, 0.717) is 17.9 Å². The van der Waals surface area contributed by atoms with Crippen LogP contribution in [0.25, 0.3) is 0 Å². The number of aromatic nitrogens is 1. The highest BCUT2D eigenvalue weighted by Crippen LogP contribution is 2.17. The third-order valence-corrected chi connectivity index (χ3v) is 3.02. The number of hydrogen-bond donors (Lipinski definition) is 2. The van der Waals surface area contributed by atoms with E-state index in [2.05, 4.69) is 15.6 Å². The molecule has 6 heteroatoms. The maximum absolute atomic E-state index is 12.8. The zero-order chi connectivity index (χ0) is 14.5. The van der Waals surface area contributed by atoms with Crippen LogP contribution in [0, 0.1) is 5.82 Å². The van der Waals surface area contributed by atoms with Crippen LogP contribution in [0.2, 0.25) is 5.02 Å². The summed E-state index contributed by atoms with van der Waals surface area (Å²) in [7, 11) is 1.70. The normalized spacial score (nSPS) is 10.2. The number of carbonyl (C=O) groups excluding carboxylic acids is 1. The number of nitrogens with one attached hydrogen (secondary N) is 2. The van der Waals surface area contributed by atoms with Crippen molar-refractivity contribution in [3.8, 4) is 0 Å². The second kappa shape index (κ2) is 6.34. The Morgan fingerprint density at radius 1 is 1.35 bits per heavy atom. The number of pyridine rings is 1. The average molecular weight is 294 g/mol. The zero-order valence-corrected chi connectivity index (χ0v) is 11.5. The van der Waals surface area contributed by atoms with Crippen molar-refractivity contribution in [3.63, 3.8) is 0 Å². The van der Waals surface area contributed by atoms with Crippen LogP contribution in [0.15, 0.2) is 36.5 Å². The maximum Gasteiger partial charge on any atom is 0.253 e. The fraction of sp³-hybridized carbons (Fsp3) is 0.143. The van der Waals surface area contributed by atoms with Crippen LogP contribution in [0.5, 0.6) is 0 Å². The molecule has 0 saturated heterocycles. The van der Waals surface area contributed by atoms with Crippen molar-refractivity contribution in [2.24, 2.45) is 0 Å². The molecule has 2 aromatic rings. The topological polar surface area (TPSA) is 54.0 Å². The van der Waals surface area contributed by atoms with Gasteiger partial charge in [0.1, 0.15) is 11.6 Å². The molecular formula is C14H13ClFN3O. The molecule has 0 unspecified atom stereocenters. The lowest BCUT2D eigenvalue weighted by Crippen LogP contribution is -2.23. The molecule has 0 fully saturated rings. The molecule has 1 aromatic heterocycles. The van der Waals surface area contributed by atoms with E-state index < -0.39 is 0 Å². The highest BCUT2D eigenvalue weighted by molar-refractivity contribution is 6.33. The Hall–Kier alpha value is -2.14. The minimum atomic E-state index is -0.309. The third kappa shape index (κ3) is 3.45. The molecule has 104 valence electrons. The number of nitrogens with zero attached hydrogens (tertiary/aromatic N) is 1. The van der Waals surface area contributed by atoms with E-state index in [1.54, 1.807) is 25.2 Å². The minimum absolute atomic E-state index is 0.278. The lowest BCUT2D eigenvalue weighted by atomic mass is 10.2. The number of amides is 1. The highest BCUT2D eigenvalue weighted by atomic mass is 35.5. The van der Waals surface area contributed by atoms with Crippen LogP contribution in [-0.2, 0) is 6.54 Å². The molecule has 2 rings (SSSR count). The van der Waals surface area contributed by atoms with Crippen LogP contribution in [-0.4, -0.2) is 17.9 Å².